The number of hydrogen-bond donors (Lipinski definition) is 0. The number of ether oxygens (including phenoxy) is 3. The molecular weight excluding hydrogens is 412 g/mol. The largest absolute Gasteiger partial charge is 0.486 e. The lowest BCUT2D eigenvalue weighted by molar-refractivity contribution is -0.129. The molecule has 0 fully saturated rings. The molecule has 4 rings (SSSR count). The Hall–Kier alpha value is -2.77. The molecule has 0 atom stereocenters. The number of amides is 1. The van der Waals surface area contributed by atoms with Crippen molar-refractivity contribution in [3.05, 3.63) is 69.1 Å². The second-order valence-corrected chi connectivity index (χ2v) is 7.97. The van der Waals surface area contributed by atoms with Gasteiger partial charge >= 0.3 is 0 Å². The molecule has 1 aliphatic heterocycles. The summed E-state index contributed by atoms with van der Waals surface area (Å²) in [6.45, 7) is 1.08. The van der Waals surface area contributed by atoms with Gasteiger partial charge in [0.05, 0.1) is 12.1 Å². The van der Waals surface area contributed by atoms with Crippen molar-refractivity contribution in [1.82, 2.24) is 9.88 Å². The van der Waals surface area contributed by atoms with Crippen LogP contribution < -0.4 is 14.2 Å². The summed E-state index contributed by atoms with van der Waals surface area (Å²) in [5, 5.41) is 3.38. The maximum Gasteiger partial charge on any atom is 0.231 e. The van der Waals surface area contributed by atoms with Gasteiger partial charge in [0.1, 0.15) is 17.4 Å². The number of halogens is 1. The average molecular weight is 431 g/mol. The van der Waals surface area contributed by atoms with E-state index < -0.39 is 0 Å². The quantitative estimate of drug-likeness (QED) is 0.559. The second-order valence-electron chi connectivity index (χ2n) is 6.59. The van der Waals surface area contributed by atoms with Crippen LogP contribution in [0.25, 0.3) is 0 Å². The first-order valence-corrected chi connectivity index (χ1v) is 10.3. The van der Waals surface area contributed by atoms with E-state index in [0.717, 1.165) is 27.8 Å². The fourth-order valence-corrected chi connectivity index (χ4v) is 3.69. The number of likely N-dealkylation sites (N-methyl/N-ethyl adjacent to an activating group) is 1. The number of carbonyl (C=O) groups excluding carboxylic acids is 1. The standard InChI is InChI=1S/C21H19ClN2O4S/c1-24(10-14-2-7-18-19(8-14)28-13-27-18)21(25)9-16-12-29-20(23-16)11-26-17-5-3-15(22)4-6-17/h2-8,12H,9-11,13H2,1H3. The fourth-order valence-electron chi connectivity index (χ4n) is 2.86. The molecule has 0 saturated carbocycles. The van der Waals surface area contributed by atoms with Crippen LogP contribution in [0.15, 0.2) is 47.8 Å². The van der Waals surface area contributed by atoms with Crippen molar-refractivity contribution in [3.8, 4) is 17.2 Å². The molecule has 2 aromatic carbocycles. The van der Waals surface area contributed by atoms with Gasteiger partial charge in [0.15, 0.2) is 11.5 Å². The number of rotatable bonds is 7. The summed E-state index contributed by atoms with van der Waals surface area (Å²) < 4.78 is 16.4. The molecule has 0 bridgehead atoms. The van der Waals surface area contributed by atoms with E-state index in [2.05, 4.69) is 4.98 Å². The van der Waals surface area contributed by atoms with Gasteiger partial charge in [0, 0.05) is 24.0 Å². The molecular formula is C21H19ClN2O4S. The number of hydrogen-bond acceptors (Lipinski definition) is 6. The first-order chi connectivity index (χ1) is 14.1. The molecule has 29 heavy (non-hydrogen) atoms. The van der Waals surface area contributed by atoms with Crippen molar-refractivity contribution in [2.45, 2.75) is 19.6 Å². The highest BCUT2D eigenvalue weighted by molar-refractivity contribution is 7.09. The first kappa shape index (κ1) is 19.5. The maximum atomic E-state index is 12.6. The van der Waals surface area contributed by atoms with Crippen LogP contribution in [0, 0.1) is 0 Å². The molecule has 0 aliphatic carbocycles. The van der Waals surface area contributed by atoms with Crippen molar-refractivity contribution < 1.29 is 19.0 Å². The molecule has 3 aromatic rings. The Morgan fingerprint density at radius 1 is 1.21 bits per heavy atom. The minimum atomic E-state index is -0.00173. The highest BCUT2D eigenvalue weighted by Gasteiger charge is 2.16. The Morgan fingerprint density at radius 2 is 2.00 bits per heavy atom. The Balaban J connectivity index is 1.29. The van der Waals surface area contributed by atoms with Crippen LogP contribution in [0.5, 0.6) is 17.2 Å². The molecule has 0 radical (unpaired) electrons. The zero-order valence-corrected chi connectivity index (χ0v) is 17.3. The Kier molecular flexibility index (Phi) is 5.87. The van der Waals surface area contributed by atoms with Gasteiger partial charge in [0.2, 0.25) is 12.7 Å². The van der Waals surface area contributed by atoms with Crippen LogP contribution in [0.2, 0.25) is 5.02 Å². The highest BCUT2D eigenvalue weighted by Crippen LogP contribution is 2.32. The zero-order valence-electron chi connectivity index (χ0n) is 15.8. The van der Waals surface area contributed by atoms with Crippen molar-refractivity contribution in [1.29, 1.82) is 0 Å². The molecule has 8 heteroatoms. The normalized spacial score (nSPS) is 12.1. The highest BCUT2D eigenvalue weighted by atomic mass is 35.5. The van der Waals surface area contributed by atoms with Gasteiger partial charge in [-0.1, -0.05) is 17.7 Å². The minimum Gasteiger partial charge on any atom is -0.486 e. The van der Waals surface area contributed by atoms with E-state index in [1.807, 2.05) is 35.7 Å². The summed E-state index contributed by atoms with van der Waals surface area (Å²) >= 11 is 7.35. The lowest BCUT2D eigenvalue weighted by Gasteiger charge is -2.17. The molecule has 0 spiro atoms. The lowest BCUT2D eigenvalue weighted by atomic mass is 10.2. The van der Waals surface area contributed by atoms with Gasteiger partial charge in [-0.25, -0.2) is 4.98 Å². The van der Waals surface area contributed by atoms with E-state index in [1.54, 1.807) is 24.1 Å². The van der Waals surface area contributed by atoms with Crippen molar-refractivity contribution in [2.75, 3.05) is 13.8 Å². The summed E-state index contributed by atoms with van der Waals surface area (Å²) in [5.41, 5.74) is 1.73. The third-order valence-corrected chi connectivity index (χ3v) is 5.51. The van der Waals surface area contributed by atoms with E-state index in [9.17, 15) is 4.79 Å². The zero-order chi connectivity index (χ0) is 20.2. The number of thiazole rings is 1. The predicted molar refractivity (Wildman–Crippen MR) is 111 cm³/mol. The number of benzene rings is 2. The molecule has 150 valence electrons. The van der Waals surface area contributed by atoms with Crippen molar-refractivity contribution >= 4 is 28.8 Å². The smallest absolute Gasteiger partial charge is 0.231 e. The molecule has 1 aromatic heterocycles. The van der Waals surface area contributed by atoms with Gasteiger partial charge in [-0.2, -0.15) is 0 Å². The van der Waals surface area contributed by atoms with Gasteiger partial charge in [-0.3, -0.25) is 4.79 Å². The molecule has 2 heterocycles. The molecule has 1 amide bonds. The van der Waals surface area contributed by atoms with Crippen LogP contribution >= 0.6 is 22.9 Å². The summed E-state index contributed by atoms with van der Waals surface area (Å²) in [7, 11) is 1.78. The SMILES string of the molecule is CN(Cc1ccc2c(c1)OCO2)C(=O)Cc1csc(COc2ccc(Cl)cc2)n1. The Labute approximate surface area is 177 Å². The second kappa shape index (κ2) is 8.71. The van der Waals surface area contributed by atoms with E-state index in [-0.39, 0.29) is 19.1 Å². The van der Waals surface area contributed by atoms with Gasteiger partial charge < -0.3 is 19.1 Å². The van der Waals surface area contributed by atoms with Gasteiger partial charge in [-0.05, 0) is 42.0 Å². The number of aromatic nitrogens is 1. The Morgan fingerprint density at radius 3 is 2.83 bits per heavy atom. The third-order valence-electron chi connectivity index (χ3n) is 4.39. The van der Waals surface area contributed by atoms with Crippen molar-refractivity contribution in [2.24, 2.45) is 0 Å². The molecule has 0 N–H and O–H groups in total. The maximum absolute atomic E-state index is 12.6. The van der Waals surface area contributed by atoms with Gasteiger partial charge in [-0.15, -0.1) is 11.3 Å². The summed E-state index contributed by atoms with van der Waals surface area (Å²) in [6, 6.07) is 12.9. The van der Waals surface area contributed by atoms with Crippen molar-refractivity contribution in [3.63, 3.8) is 0 Å². The van der Waals surface area contributed by atoms with Gasteiger partial charge in [0.25, 0.3) is 0 Å². The predicted octanol–water partition coefficient (Wildman–Crippen LogP) is 4.31. The number of fused-ring (bicyclic) bond motifs is 1. The summed E-state index contributed by atoms with van der Waals surface area (Å²) in [5.74, 6) is 2.18. The molecule has 6 nitrogen and oxygen atoms in total. The summed E-state index contributed by atoms with van der Waals surface area (Å²) in [4.78, 5) is 18.7. The molecule has 0 saturated heterocycles. The van der Waals surface area contributed by atoms with E-state index in [0.29, 0.717) is 23.9 Å². The average Bonchev–Trinajstić information content (AvgIpc) is 3.36. The van der Waals surface area contributed by atoms with Crippen LogP contribution in [-0.2, 0) is 24.4 Å². The molecule has 0 unspecified atom stereocenters. The monoisotopic (exact) mass is 430 g/mol. The number of nitrogens with zero attached hydrogens (tertiary/aromatic N) is 2. The van der Waals surface area contributed by atoms with Crippen LogP contribution in [0.4, 0.5) is 0 Å². The first-order valence-electron chi connectivity index (χ1n) is 9.01. The van der Waals surface area contributed by atoms with Crippen LogP contribution in [-0.4, -0.2) is 29.6 Å². The topological polar surface area (TPSA) is 60.9 Å². The number of carbonyl (C=O) groups is 1. The lowest BCUT2D eigenvalue weighted by Crippen LogP contribution is -2.27. The van der Waals surface area contributed by atoms with E-state index in [1.165, 1.54) is 11.3 Å². The third kappa shape index (κ3) is 4.99. The molecule has 1 aliphatic rings. The van der Waals surface area contributed by atoms with E-state index in [4.69, 9.17) is 25.8 Å². The Bertz CT molecular complexity index is 1010. The minimum absolute atomic E-state index is 0.00173. The van der Waals surface area contributed by atoms with Crippen LogP contribution in [0.1, 0.15) is 16.3 Å². The summed E-state index contributed by atoms with van der Waals surface area (Å²) in [6.07, 6.45) is 0.249. The fraction of sp³-hybridized carbons (Fsp3) is 0.238. The van der Waals surface area contributed by atoms with Crippen LogP contribution in [0.3, 0.4) is 0 Å². The van der Waals surface area contributed by atoms with E-state index >= 15 is 0 Å².